The maximum absolute atomic E-state index is 13.7. The van der Waals surface area contributed by atoms with Gasteiger partial charge in [-0.05, 0) is 35.7 Å². The number of nitrogens with one attached hydrogen (secondary N) is 1. The van der Waals surface area contributed by atoms with Crippen molar-refractivity contribution in [2.24, 2.45) is 5.73 Å². The molecule has 1 aromatic carbocycles. The molecule has 0 spiro atoms. The highest BCUT2D eigenvalue weighted by Gasteiger charge is 2.18. The first kappa shape index (κ1) is 18.7. The van der Waals surface area contributed by atoms with Crippen molar-refractivity contribution in [2.75, 3.05) is 26.2 Å². The Balaban J connectivity index is 1.61. The number of pyridine rings is 1. The molecule has 0 aliphatic carbocycles. The molecule has 1 fully saturated rings. The Morgan fingerprint density at radius 3 is 2.73 bits per heavy atom. The molecule has 3 rings (SSSR count). The summed E-state index contributed by atoms with van der Waals surface area (Å²) in [6.07, 6.45) is 1.80. The van der Waals surface area contributed by atoms with Crippen molar-refractivity contribution in [1.29, 1.82) is 5.41 Å². The third-order valence-electron chi connectivity index (χ3n) is 4.57. The summed E-state index contributed by atoms with van der Waals surface area (Å²) < 4.78 is 13.7. The summed E-state index contributed by atoms with van der Waals surface area (Å²) in [5, 5.41) is 8.51. The van der Waals surface area contributed by atoms with E-state index in [0.717, 1.165) is 43.3 Å². The molecule has 1 aromatic heterocycles. The Bertz CT molecular complexity index is 774. The number of hydrogen-bond acceptors (Lipinski definition) is 4. The van der Waals surface area contributed by atoms with E-state index in [1.54, 1.807) is 30.9 Å². The van der Waals surface area contributed by atoms with Crippen molar-refractivity contribution in [3.05, 3.63) is 59.0 Å². The van der Waals surface area contributed by atoms with E-state index in [9.17, 15) is 4.39 Å². The lowest BCUT2D eigenvalue weighted by Crippen LogP contribution is -2.50. The molecule has 1 aliphatic heterocycles. The summed E-state index contributed by atoms with van der Waals surface area (Å²) in [7, 11) is 0. The highest BCUT2D eigenvalue weighted by atomic mass is 32.2. The minimum Gasteiger partial charge on any atom is -0.370 e. The molecule has 26 heavy (non-hydrogen) atoms. The summed E-state index contributed by atoms with van der Waals surface area (Å²) in [5.41, 5.74) is 8.37. The van der Waals surface area contributed by atoms with Gasteiger partial charge in [-0.2, -0.15) is 0 Å². The third kappa shape index (κ3) is 4.74. The molecule has 0 amide bonds. The number of nitrogens with two attached hydrogens (primary N) is 1. The molecular formula is C19H24FN5S. The van der Waals surface area contributed by atoms with E-state index in [1.807, 2.05) is 23.1 Å². The average Bonchev–Trinajstić information content (AvgIpc) is 2.64. The van der Waals surface area contributed by atoms with Gasteiger partial charge in [-0.25, -0.2) is 9.37 Å². The van der Waals surface area contributed by atoms with Gasteiger partial charge in [0.25, 0.3) is 0 Å². The zero-order valence-corrected chi connectivity index (χ0v) is 15.7. The lowest BCUT2D eigenvalue weighted by atomic mass is 10.2. The second-order valence-electron chi connectivity index (χ2n) is 6.49. The van der Waals surface area contributed by atoms with Crippen molar-refractivity contribution in [3.8, 4) is 0 Å². The number of hydrogen-bond donors (Lipinski definition) is 2. The van der Waals surface area contributed by atoms with Crippen molar-refractivity contribution < 1.29 is 4.39 Å². The molecular weight excluding hydrogens is 349 g/mol. The van der Waals surface area contributed by atoms with Gasteiger partial charge in [0.15, 0.2) is 5.96 Å². The number of halogens is 1. The summed E-state index contributed by atoms with van der Waals surface area (Å²) in [5.74, 6) is 0.680. The first-order chi connectivity index (χ1) is 12.5. The molecule has 1 saturated heterocycles. The predicted octanol–water partition coefficient (Wildman–Crippen LogP) is 2.83. The molecule has 1 aliphatic rings. The van der Waals surface area contributed by atoms with Gasteiger partial charge in [-0.15, -0.1) is 11.8 Å². The number of benzene rings is 1. The number of aromatic nitrogens is 1. The van der Waals surface area contributed by atoms with E-state index in [0.29, 0.717) is 11.3 Å². The molecule has 0 saturated carbocycles. The molecule has 0 radical (unpaired) electrons. The number of rotatable bonds is 5. The van der Waals surface area contributed by atoms with E-state index in [1.165, 1.54) is 5.56 Å². The van der Waals surface area contributed by atoms with Crippen LogP contribution in [-0.4, -0.2) is 46.9 Å². The van der Waals surface area contributed by atoms with E-state index in [-0.39, 0.29) is 11.8 Å². The van der Waals surface area contributed by atoms with E-state index < -0.39 is 0 Å². The molecule has 5 nitrogen and oxygen atoms in total. The number of aryl methyl sites for hydroxylation is 1. The van der Waals surface area contributed by atoms with Crippen molar-refractivity contribution in [2.45, 2.75) is 24.2 Å². The standard InChI is InChI=1S/C19H24FN5S/c1-14-4-5-15(11-17(14)20)13-26-18-16(3-2-6-23-18)12-24-7-9-25(10-8-24)19(21)22/h2-6,11H,7-10,12-13H2,1H3,(H3,21,22). The molecule has 138 valence electrons. The molecule has 2 aromatic rings. The van der Waals surface area contributed by atoms with Gasteiger partial charge in [0.05, 0.1) is 0 Å². The van der Waals surface area contributed by atoms with Gasteiger partial charge in [-0.3, -0.25) is 10.3 Å². The number of nitrogens with zero attached hydrogens (tertiary/aromatic N) is 3. The Morgan fingerprint density at radius 2 is 2.04 bits per heavy atom. The Kier molecular flexibility index (Phi) is 6.11. The number of piperazine rings is 1. The van der Waals surface area contributed by atoms with Gasteiger partial charge in [-0.1, -0.05) is 18.2 Å². The quantitative estimate of drug-likeness (QED) is 0.479. The lowest BCUT2D eigenvalue weighted by Gasteiger charge is -2.35. The third-order valence-corrected chi connectivity index (χ3v) is 5.69. The molecule has 0 unspecified atom stereocenters. The average molecular weight is 374 g/mol. The van der Waals surface area contributed by atoms with E-state index >= 15 is 0 Å². The highest BCUT2D eigenvalue weighted by Crippen LogP contribution is 2.26. The summed E-state index contributed by atoms with van der Waals surface area (Å²) in [4.78, 5) is 8.76. The number of thioether (sulfide) groups is 1. The second kappa shape index (κ2) is 8.51. The molecule has 3 N–H and O–H groups in total. The highest BCUT2D eigenvalue weighted by molar-refractivity contribution is 7.98. The Hall–Kier alpha value is -2.12. The second-order valence-corrected chi connectivity index (χ2v) is 7.45. The van der Waals surface area contributed by atoms with Gasteiger partial charge in [0.1, 0.15) is 10.8 Å². The van der Waals surface area contributed by atoms with Crippen molar-refractivity contribution >= 4 is 17.7 Å². The Morgan fingerprint density at radius 1 is 1.27 bits per heavy atom. The minimum atomic E-state index is -0.160. The SMILES string of the molecule is Cc1ccc(CSc2ncccc2CN2CCN(C(=N)N)CC2)cc1F. The van der Waals surface area contributed by atoms with Crippen molar-refractivity contribution in [1.82, 2.24) is 14.8 Å². The zero-order valence-electron chi connectivity index (χ0n) is 14.9. The van der Waals surface area contributed by atoms with Crippen LogP contribution in [0.5, 0.6) is 0 Å². The van der Waals surface area contributed by atoms with Crippen LogP contribution in [0.3, 0.4) is 0 Å². The normalized spacial score (nSPS) is 15.2. The van der Waals surface area contributed by atoms with Crippen LogP contribution in [0.1, 0.15) is 16.7 Å². The molecule has 2 heterocycles. The van der Waals surface area contributed by atoms with Crippen LogP contribution in [0.25, 0.3) is 0 Å². The fourth-order valence-corrected chi connectivity index (χ4v) is 3.88. The predicted molar refractivity (Wildman–Crippen MR) is 104 cm³/mol. The summed E-state index contributed by atoms with van der Waals surface area (Å²) in [6.45, 7) is 5.91. The van der Waals surface area contributed by atoms with Gasteiger partial charge >= 0.3 is 0 Å². The Labute approximate surface area is 157 Å². The first-order valence-corrected chi connectivity index (χ1v) is 9.64. The van der Waals surface area contributed by atoms with Crippen LogP contribution in [0.4, 0.5) is 4.39 Å². The number of guanidine groups is 1. The van der Waals surface area contributed by atoms with Crippen LogP contribution in [-0.2, 0) is 12.3 Å². The van der Waals surface area contributed by atoms with Crippen LogP contribution in [0, 0.1) is 18.2 Å². The van der Waals surface area contributed by atoms with Crippen LogP contribution in [0.2, 0.25) is 0 Å². The van der Waals surface area contributed by atoms with Crippen LogP contribution in [0.15, 0.2) is 41.6 Å². The lowest BCUT2D eigenvalue weighted by molar-refractivity contribution is 0.172. The van der Waals surface area contributed by atoms with Gasteiger partial charge in [0, 0.05) is 44.7 Å². The van der Waals surface area contributed by atoms with Gasteiger partial charge in [0.2, 0.25) is 0 Å². The van der Waals surface area contributed by atoms with Gasteiger partial charge < -0.3 is 10.6 Å². The minimum absolute atomic E-state index is 0.146. The van der Waals surface area contributed by atoms with Crippen molar-refractivity contribution in [3.63, 3.8) is 0 Å². The maximum Gasteiger partial charge on any atom is 0.188 e. The van der Waals surface area contributed by atoms with Crippen LogP contribution < -0.4 is 5.73 Å². The fourth-order valence-electron chi connectivity index (χ4n) is 2.94. The fraction of sp³-hybridized carbons (Fsp3) is 0.368. The summed E-state index contributed by atoms with van der Waals surface area (Å²) in [6, 6.07) is 9.44. The zero-order chi connectivity index (χ0) is 18.5. The van der Waals surface area contributed by atoms with E-state index in [2.05, 4.69) is 16.0 Å². The molecule has 0 bridgehead atoms. The monoisotopic (exact) mass is 373 g/mol. The van der Waals surface area contributed by atoms with Crippen LogP contribution >= 0.6 is 11.8 Å². The first-order valence-electron chi connectivity index (χ1n) is 8.66. The maximum atomic E-state index is 13.7. The largest absolute Gasteiger partial charge is 0.370 e. The summed E-state index contributed by atoms with van der Waals surface area (Å²) >= 11 is 1.64. The topological polar surface area (TPSA) is 69.2 Å². The molecule has 0 atom stereocenters. The smallest absolute Gasteiger partial charge is 0.188 e. The van der Waals surface area contributed by atoms with E-state index in [4.69, 9.17) is 11.1 Å². The molecule has 7 heteroatoms.